The van der Waals surface area contributed by atoms with E-state index in [1.165, 1.54) is 6.92 Å². The molecule has 0 aromatic rings. The van der Waals surface area contributed by atoms with E-state index in [0.29, 0.717) is 31.9 Å². The number of thiol groups is 1. The highest BCUT2D eigenvalue weighted by molar-refractivity contribution is 7.80. The largest absolute Gasteiger partial charge is 0.339 e. The molecule has 0 aliphatic carbocycles. The zero-order chi connectivity index (χ0) is 11.4. The van der Waals surface area contributed by atoms with Gasteiger partial charge in [0.15, 0.2) is 0 Å². The number of nitrogens with zero attached hydrogens (tertiary/aromatic N) is 2. The Morgan fingerprint density at radius 2 is 1.73 bits per heavy atom. The van der Waals surface area contributed by atoms with Crippen molar-refractivity contribution < 1.29 is 9.59 Å². The van der Waals surface area contributed by atoms with Crippen molar-refractivity contribution in [1.82, 2.24) is 9.80 Å². The summed E-state index contributed by atoms with van der Waals surface area (Å²) in [5.41, 5.74) is 5.59. The zero-order valence-electron chi connectivity index (χ0n) is 8.85. The highest BCUT2D eigenvalue weighted by Gasteiger charge is 2.25. The lowest BCUT2D eigenvalue weighted by Gasteiger charge is -2.35. The average Bonchev–Trinajstić information content (AvgIpc) is 2.27. The van der Waals surface area contributed by atoms with Gasteiger partial charge in [0.05, 0.1) is 6.04 Å². The Labute approximate surface area is 95.0 Å². The summed E-state index contributed by atoms with van der Waals surface area (Å²) < 4.78 is 0. The maximum absolute atomic E-state index is 11.7. The lowest BCUT2D eigenvalue weighted by atomic mass is 10.2. The number of nitrogens with two attached hydrogens (primary N) is 1. The normalized spacial score (nSPS) is 18.9. The van der Waals surface area contributed by atoms with Crippen LogP contribution in [0.1, 0.15) is 6.92 Å². The van der Waals surface area contributed by atoms with E-state index >= 15 is 0 Å². The van der Waals surface area contributed by atoms with E-state index < -0.39 is 6.04 Å². The Bertz CT molecular complexity index is 252. The molecule has 1 aliphatic rings. The van der Waals surface area contributed by atoms with Crippen molar-refractivity contribution in [3.8, 4) is 0 Å². The summed E-state index contributed by atoms with van der Waals surface area (Å²) in [4.78, 5) is 26.1. The Morgan fingerprint density at radius 1 is 1.27 bits per heavy atom. The number of piperazine rings is 1. The molecule has 0 spiro atoms. The lowest BCUT2D eigenvalue weighted by Crippen LogP contribution is -2.54. The zero-order valence-corrected chi connectivity index (χ0v) is 9.74. The first-order valence-electron chi connectivity index (χ1n) is 4.97. The smallest absolute Gasteiger partial charge is 0.240 e. The van der Waals surface area contributed by atoms with Crippen LogP contribution in [0.5, 0.6) is 0 Å². The minimum atomic E-state index is -0.530. The third-order valence-electron chi connectivity index (χ3n) is 2.55. The Kier molecular flexibility index (Phi) is 4.41. The van der Waals surface area contributed by atoms with E-state index in [1.54, 1.807) is 9.80 Å². The van der Waals surface area contributed by atoms with Gasteiger partial charge in [-0.3, -0.25) is 9.59 Å². The second-order valence-corrected chi connectivity index (χ2v) is 3.99. The minimum absolute atomic E-state index is 0.0561. The van der Waals surface area contributed by atoms with Gasteiger partial charge in [-0.15, -0.1) is 0 Å². The maximum atomic E-state index is 11.7. The first-order valence-corrected chi connectivity index (χ1v) is 5.60. The summed E-state index contributed by atoms with van der Waals surface area (Å²) in [6.07, 6.45) is 0. The molecule has 86 valence electrons. The maximum Gasteiger partial charge on any atom is 0.240 e. The van der Waals surface area contributed by atoms with Crippen LogP contribution in [0.2, 0.25) is 0 Å². The van der Waals surface area contributed by atoms with Crippen LogP contribution in [-0.4, -0.2) is 59.6 Å². The van der Waals surface area contributed by atoms with E-state index in [1.807, 2.05) is 0 Å². The first kappa shape index (κ1) is 12.3. The Balaban J connectivity index is 2.43. The van der Waals surface area contributed by atoms with E-state index in [9.17, 15) is 9.59 Å². The molecule has 5 nitrogen and oxygen atoms in total. The molecule has 0 aromatic heterocycles. The van der Waals surface area contributed by atoms with Gasteiger partial charge < -0.3 is 15.5 Å². The fourth-order valence-corrected chi connectivity index (χ4v) is 1.71. The third-order valence-corrected chi connectivity index (χ3v) is 2.94. The molecule has 1 saturated heterocycles. The SMILES string of the molecule is CC(=O)N1CCN(C(=O)C(N)CS)CC1. The van der Waals surface area contributed by atoms with Gasteiger partial charge in [-0.25, -0.2) is 0 Å². The third kappa shape index (κ3) is 3.10. The van der Waals surface area contributed by atoms with Crippen LogP contribution < -0.4 is 5.73 Å². The summed E-state index contributed by atoms with van der Waals surface area (Å²) in [6.45, 7) is 3.87. The number of rotatable bonds is 2. The molecule has 2 amide bonds. The van der Waals surface area contributed by atoms with Crippen molar-refractivity contribution in [3.05, 3.63) is 0 Å². The van der Waals surface area contributed by atoms with Gasteiger partial charge in [-0.05, 0) is 0 Å². The molecule has 1 aliphatic heterocycles. The van der Waals surface area contributed by atoms with E-state index in [-0.39, 0.29) is 11.8 Å². The molecule has 1 unspecified atom stereocenters. The number of carbonyl (C=O) groups is 2. The van der Waals surface area contributed by atoms with Crippen molar-refractivity contribution in [1.29, 1.82) is 0 Å². The Hall–Kier alpha value is -0.750. The van der Waals surface area contributed by atoms with Crippen molar-refractivity contribution in [2.45, 2.75) is 13.0 Å². The summed E-state index contributed by atoms with van der Waals surface area (Å²) >= 11 is 3.99. The summed E-state index contributed by atoms with van der Waals surface area (Å²) in [7, 11) is 0. The van der Waals surface area contributed by atoms with Crippen LogP contribution in [0.3, 0.4) is 0 Å². The number of amides is 2. The molecular formula is C9H17N3O2S. The van der Waals surface area contributed by atoms with E-state index in [0.717, 1.165) is 0 Å². The second kappa shape index (κ2) is 5.37. The quantitative estimate of drug-likeness (QED) is 0.595. The van der Waals surface area contributed by atoms with Crippen LogP contribution in [0.15, 0.2) is 0 Å². The number of carbonyl (C=O) groups excluding carboxylic acids is 2. The highest BCUT2D eigenvalue weighted by atomic mass is 32.1. The standard InChI is InChI=1S/C9H17N3O2S/c1-7(13)11-2-4-12(5-3-11)9(14)8(10)6-15/h8,15H,2-6,10H2,1H3. The average molecular weight is 231 g/mol. The molecule has 15 heavy (non-hydrogen) atoms. The number of hydrogen-bond acceptors (Lipinski definition) is 4. The predicted octanol–water partition coefficient (Wildman–Crippen LogP) is -1.07. The van der Waals surface area contributed by atoms with E-state index in [4.69, 9.17) is 5.73 Å². The van der Waals surface area contributed by atoms with Crippen LogP contribution in [0.4, 0.5) is 0 Å². The van der Waals surface area contributed by atoms with Crippen LogP contribution >= 0.6 is 12.6 Å². The molecule has 2 N–H and O–H groups in total. The fraction of sp³-hybridized carbons (Fsp3) is 0.778. The molecule has 1 fully saturated rings. The highest BCUT2D eigenvalue weighted by Crippen LogP contribution is 2.04. The van der Waals surface area contributed by atoms with Gasteiger partial charge in [0.1, 0.15) is 0 Å². The Morgan fingerprint density at radius 3 is 2.13 bits per heavy atom. The van der Waals surface area contributed by atoms with Crippen molar-refractivity contribution in [2.24, 2.45) is 5.73 Å². The summed E-state index contributed by atoms with van der Waals surface area (Å²) in [5.74, 6) is 0.333. The van der Waals surface area contributed by atoms with Crippen molar-refractivity contribution in [2.75, 3.05) is 31.9 Å². The monoisotopic (exact) mass is 231 g/mol. The van der Waals surface area contributed by atoms with Gasteiger partial charge in [-0.2, -0.15) is 12.6 Å². The predicted molar refractivity (Wildman–Crippen MR) is 60.7 cm³/mol. The van der Waals surface area contributed by atoms with E-state index in [2.05, 4.69) is 12.6 Å². The fourth-order valence-electron chi connectivity index (χ4n) is 1.55. The molecule has 0 saturated carbocycles. The molecule has 1 heterocycles. The lowest BCUT2D eigenvalue weighted by molar-refractivity contribution is -0.138. The van der Waals surface area contributed by atoms with Gasteiger partial charge in [0, 0.05) is 38.9 Å². The van der Waals surface area contributed by atoms with Gasteiger partial charge in [-0.1, -0.05) is 0 Å². The molecule has 0 aromatic carbocycles. The molecule has 1 rings (SSSR count). The van der Waals surface area contributed by atoms with Gasteiger partial charge in [0.25, 0.3) is 0 Å². The molecule has 1 atom stereocenters. The second-order valence-electron chi connectivity index (χ2n) is 3.62. The molecule has 0 radical (unpaired) electrons. The first-order chi connectivity index (χ1) is 7.06. The van der Waals surface area contributed by atoms with Crippen LogP contribution in [-0.2, 0) is 9.59 Å². The summed E-state index contributed by atoms with van der Waals surface area (Å²) in [6, 6.07) is -0.530. The van der Waals surface area contributed by atoms with Crippen LogP contribution in [0.25, 0.3) is 0 Å². The molecule has 0 bridgehead atoms. The van der Waals surface area contributed by atoms with Crippen molar-refractivity contribution in [3.63, 3.8) is 0 Å². The van der Waals surface area contributed by atoms with Gasteiger partial charge >= 0.3 is 0 Å². The molecular weight excluding hydrogens is 214 g/mol. The molecule has 6 heteroatoms. The van der Waals surface area contributed by atoms with Crippen LogP contribution in [0, 0.1) is 0 Å². The van der Waals surface area contributed by atoms with Gasteiger partial charge in [0.2, 0.25) is 11.8 Å². The van der Waals surface area contributed by atoms with Crippen molar-refractivity contribution >= 4 is 24.4 Å². The summed E-state index contributed by atoms with van der Waals surface area (Å²) in [5, 5.41) is 0. The minimum Gasteiger partial charge on any atom is -0.339 e. The number of hydrogen-bond donors (Lipinski definition) is 2. The topological polar surface area (TPSA) is 66.6 Å².